The number of carbonyl (C=O) groups is 1. The fourth-order valence-corrected chi connectivity index (χ4v) is 4.49. The SMILES string of the molecule is COc1ccc(CCNC(=O)CN(c2ccccc2)S(=O)(=O)c2ccc(C)cc2)cc1. The third kappa shape index (κ3) is 5.86. The number of hydrogen-bond acceptors (Lipinski definition) is 4. The average molecular weight is 439 g/mol. The molecule has 3 rings (SSSR count). The Labute approximate surface area is 183 Å². The molecule has 3 aromatic carbocycles. The highest BCUT2D eigenvalue weighted by molar-refractivity contribution is 7.92. The van der Waals surface area contributed by atoms with Crippen LogP contribution in [0.5, 0.6) is 5.75 Å². The summed E-state index contributed by atoms with van der Waals surface area (Å²) in [6.07, 6.45) is 0.631. The van der Waals surface area contributed by atoms with Crippen LogP contribution in [-0.2, 0) is 21.2 Å². The lowest BCUT2D eigenvalue weighted by atomic mass is 10.1. The van der Waals surface area contributed by atoms with Crippen LogP contribution in [0.4, 0.5) is 5.69 Å². The van der Waals surface area contributed by atoms with E-state index < -0.39 is 10.0 Å². The van der Waals surface area contributed by atoms with Crippen molar-refractivity contribution in [2.75, 3.05) is 24.5 Å². The molecule has 0 spiro atoms. The molecule has 0 bridgehead atoms. The molecule has 0 atom stereocenters. The monoisotopic (exact) mass is 438 g/mol. The van der Waals surface area contributed by atoms with Crippen LogP contribution in [0.3, 0.4) is 0 Å². The van der Waals surface area contributed by atoms with Crippen molar-refractivity contribution in [2.24, 2.45) is 0 Å². The minimum atomic E-state index is -3.89. The van der Waals surface area contributed by atoms with Gasteiger partial charge in [0.1, 0.15) is 12.3 Å². The van der Waals surface area contributed by atoms with Gasteiger partial charge in [-0.2, -0.15) is 0 Å². The molecule has 1 amide bonds. The molecule has 0 fully saturated rings. The molecule has 0 aliphatic rings. The number of sulfonamides is 1. The van der Waals surface area contributed by atoms with Gasteiger partial charge in [-0.15, -0.1) is 0 Å². The third-order valence-corrected chi connectivity index (χ3v) is 6.62. The maximum absolute atomic E-state index is 13.3. The first-order valence-electron chi connectivity index (χ1n) is 9.94. The Hall–Kier alpha value is -3.32. The number of benzene rings is 3. The van der Waals surface area contributed by atoms with Gasteiger partial charge in [0.05, 0.1) is 17.7 Å². The zero-order valence-electron chi connectivity index (χ0n) is 17.6. The lowest BCUT2D eigenvalue weighted by Gasteiger charge is -2.24. The Morgan fingerprint density at radius 2 is 1.58 bits per heavy atom. The van der Waals surface area contributed by atoms with Gasteiger partial charge in [-0.25, -0.2) is 8.42 Å². The molecular formula is C24H26N2O4S. The lowest BCUT2D eigenvalue weighted by Crippen LogP contribution is -2.41. The molecule has 31 heavy (non-hydrogen) atoms. The van der Waals surface area contributed by atoms with E-state index in [0.29, 0.717) is 18.7 Å². The van der Waals surface area contributed by atoms with Crippen molar-refractivity contribution in [3.8, 4) is 5.75 Å². The number of ether oxygens (including phenoxy) is 1. The smallest absolute Gasteiger partial charge is 0.264 e. The van der Waals surface area contributed by atoms with Gasteiger partial charge >= 0.3 is 0 Å². The summed E-state index contributed by atoms with van der Waals surface area (Å²) in [4.78, 5) is 12.8. The van der Waals surface area contributed by atoms with Gasteiger partial charge < -0.3 is 10.1 Å². The summed E-state index contributed by atoms with van der Waals surface area (Å²) in [5, 5.41) is 2.82. The molecule has 7 heteroatoms. The van der Waals surface area contributed by atoms with Crippen molar-refractivity contribution in [1.82, 2.24) is 5.32 Å². The first-order valence-corrected chi connectivity index (χ1v) is 11.4. The van der Waals surface area contributed by atoms with Gasteiger partial charge in [0, 0.05) is 6.54 Å². The number of aryl methyl sites for hydroxylation is 1. The molecule has 0 saturated heterocycles. The number of nitrogens with one attached hydrogen (secondary N) is 1. The van der Waals surface area contributed by atoms with Gasteiger partial charge in [-0.05, 0) is 55.3 Å². The zero-order valence-corrected chi connectivity index (χ0v) is 18.4. The quantitative estimate of drug-likeness (QED) is 0.554. The van der Waals surface area contributed by atoms with Gasteiger partial charge in [0.2, 0.25) is 5.91 Å². The molecule has 0 aliphatic carbocycles. The summed E-state index contributed by atoms with van der Waals surface area (Å²) in [5.74, 6) is 0.403. The first-order chi connectivity index (χ1) is 14.9. The standard InChI is InChI=1S/C24H26N2O4S/c1-19-8-14-23(15-9-19)31(28,29)26(21-6-4-3-5-7-21)18-24(27)25-17-16-20-10-12-22(30-2)13-11-20/h3-15H,16-18H2,1-2H3,(H,25,27). The molecule has 0 aromatic heterocycles. The Morgan fingerprint density at radius 3 is 2.19 bits per heavy atom. The molecule has 162 valence electrons. The van der Waals surface area contributed by atoms with E-state index in [-0.39, 0.29) is 17.3 Å². The molecule has 0 aliphatic heterocycles. The maximum Gasteiger partial charge on any atom is 0.264 e. The number of rotatable bonds is 9. The fraction of sp³-hybridized carbons (Fsp3) is 0.208. The van der Waals surface area contributed by atoms with E-state index in [9.17, 15) is 13.2 Å². The molecule has 0 unspecified atom stereocenters. The van der Waals surface area contributed by atoms with E-state index >= 15 is 0 Å². The Kier molecular flexibility index (Phi) is 7.31. The Bertz CT molecular complexity index is 1100. The number of para-hydroxylation sites is 1. The number of nitrogens with zero attached hydrogens (tertiary/aromatic N) is 1. The van der Waals surface area contributed by atoms with Gasteiger partial charge in [-0.3, -0.25) is 9.10 Å². The van der Waals surface area contributed by atoms with Crippen LogP contribution in [0, 0.1) is 6.92 Å². The van der Waals surface area contributed by atoms with E-state index in [1.807, 2.05) is 31.2 Å². The molecule has 6 nitrogen and oxygen atoms in total. The van der Waals surface area contributed by atoms with E-state index in [4.69, 9.17) is 4.74 Å². The van der Waals surface area contributed by atoms with E-state index in [1.165, 1.54) is 0 Å². The number of amides is 1. The molecule has 0 radical (unpaired) electrons. The minimum absolute atomic E-state index is 0.146. The first kappa shape index (κ1) is 22.4. The fourth-order valence-electron chi connectivity index (χ4n) is 3.07. The van der Waals surface area contributed by atoms with Crippen LogP contribution in [0.25, 0.3) is 0 Å². The maximum atomic E-state index is 13.3. The Balaban J connectivity index is 1.71. The number of hydrogen-bond donors (Lipinski definition) is 1. The van der Waals surface area contributed by atoms with Crippen molar-refractivity contribution in [3.05, 3.63) is 90.0 Å². The van der Waals surface area contributed by atoms with Crippen molar-refractivity contribution >= 4 is 21.6 Å². The van der Waals surface area contributed by atoms with E-state index in [1.54, 1.807) is 61.7 Å². The molecule has 0 heterocycles. The van der Waals surface area contributed by atoms with Gasteiger partial charge in [0.15, 0.2) is 0 Å². The van der Waals surface area contributed by atoms with E-state index in [2.05, 4.69) is 5.32 Å². The highest BCUT2D eigenvalue weighted by atomic mass is 32.2. The van der Waals surface area contributed by atoms with Crippen molar-refractivity contribution in [3.63, 3.8) is 0 Å². The zero-order chi connectivity index (χ0) is 22.3. The lowest BCUT2D eigenvalue weighted by molar-refractivity contribution is -0.119. The second-order valence-electron chi connectivity index (χ2n) is 7.11. The summed E-state index contributed by atoms with van der Waals surface area (Å²) in [6, 6.07) is 22.8. The van der Waals surface area contributed by atoms with Crippen LogP contribution in [0.1, 0.15) is 11.1 Å². The average Bonchev–Trinajstić information content (AvgIpc) is 2.78. The molecule has 3 aromatic rings. The molecule has 1 N–H and O–H groups in total. The summed E-state index contributed by atoms with van der Waals surface area (Å²) in [5.41, 5.74) is 2.45. The predicted octanol–water partition coefficient (Wildman–Crippen LogP) is 3.56. The van der Waals surface area contributed by atoms with E-state index in [0.717, 1.165) is 21.2 Å². The van der Waals surface area contributed by atoms with Crippen LogP contribution < -0.4 is 14.4 Å². The largest absolute Gasteiger partial charge is 0.497 e. The Morgan fingerprint density at radius 1 is 0.935 bits per heavy atom. The van der Waals surface area contributed by atoms with Crippen LogP contribution in [0.15, 0.2) is 83.8 Å². The second-order valence-corrected chi connectivity index (χ2v) is 8.97. The summed E-state index contributed by atoms with van der Waals surface area (Å²) in [6.45, 7) is 1.99. The van der Waals surface area contributed by atoms with Gasteiger partial charge in [-0.1, -0.05) is 48.0 Å². The van der Waals surface area contributed by atoms with Gasteiger partial charge in [0.25, 0.3) is 10.0 Å². The topological polar surface area (TPSA) is 75.7 Å². The summed E-state index contributed by atoms with van der Waals surface area (Å²) < 4.78 is 32.8. The molecule has 0 saturated carbocycles. The summed E-state index contributed by atoms with van der Waals surface area (Å²) in [7, 11) is -2.28. The highest BCUT2D eigenvalue weighted by Crippen LogP contribution is 2.23. The van der Waals surface area contributed by atoms with Crippen molar-refractivity contribution < 1.29 is 17.9 Å². The van der Waals surface area contributed by atoms with Crippen LogP contribution >= 0.6 is 0 Å². The summed E-state index contributed by atoms with van der Waals surface area (Å²) >= 11 is 0. The van der Waals surface area contributed by atoms with Crippen LogP contribution in [-0.4, -0.2) is 34.5 Å². The second kappa shape index (κ2) is 10.1. The third-order valence-electron chi connectivity index (χ3n) is 4.84. The molecular weight excluding hydrogens is 412 g/mol. The van der Waals surface area contributed by atoms with Crippen molar-refractivity contribution in [1.29, 1.82) is 0 Å². The minimum Gasteiger partial charge on any atom is -0.497 e. The van der Waals surface area contributed by atoms with Crippen LogP contribution in [0.2, 0.25) is 0 Å². The number of methoxy groups -OCH3 is 1. The normalized spacial score (nSPS) is 11.0. The number of anilines is 1. The van der Waals surface area contributed by atoms with Crippen molar-refractivity contribution in [2.45, 2.75) is 18.2 Å². The number of carbonyl (C=O) groups excluding carboxylic acids is 1. The predicted molar refractivity (Wildman–Crippen MR) is 122 cm³/mol. The highest BCUT2D eigenvalue weighted by Gasteiger charge is 2.26.